The molecule has 1 fully saturated rings. The molecule has 21 heavy (non-hydrogen) atoms. The van der Waals surface area contributed by atoms with Crippen molar-refractivity contribution in [3.63, 3.8) is 0 Å². The number of rotatable bonds is 6. The number of anilines is 1. The van der Waals surface area contributed by atoms with Crippen molar-refractivity contribution in [2.45, 2.75) is 30.7 Å². The van der Waals surface area contributed by atoms with Gasteiger partial charge >= 0.3 is 0 Å². The fourth-order valence-electron chi connectivity index (χ4n) is 2.21. The van der Waals surface area contributed by atoms with Crippen molar-refractivity contribution in [2.24, 2.45) is 0 Å². The molecule has 7 heteroatoms. The molecule has 1 aromatic carbocycles. The maximum Gasteiger partial charge on any atom is 0.244 e. The fraction of sp³-hybridized carbons (Fsp3) is 0.500. The molecule has 0 aromatic heterocycles. The molecule has 0 aliphatic carbocycles. The highest BCUT2D eigenvalue weighted by molar-refractivity contribution is 7.89. The fourth-order valence-corrected chi connectivity index (χ4v) is 3.34. The summed E-state index contributed by atoms with van der Waals surface area (Å²) >= 11 is 0. The minimum Gasteiger partial charge on any atom is -0.374 e. The number of likely N-dealkylation sites (tertiary alicyclic amines) is 1. The Balaban J connectivity index is 2.04. The second kappa shape index (κ2) is 6.44. The molecule has 1 aromatic rings. The highest BCUT2D eigenvalue weighted by atomic mass is 32.2. The van der Waals surface area contributed by atoms with E-state index in [1.54, 1.807) is 36.2 Å². The molecule has 6 nitrogen and oxygen atoms in total. The van der Waals surface area contributed by atoms with Crippen LogP contribution in [-0.4, -0.2) is 45.4 Å². The Morgan fingerprint density at radius 1 is 1.29 bits per heavy atom. The molecule has 116 valence electrons. The summed E-state index contributed by atoms with van der Waals surface area (Å²) in [6.07, 6.45) is 1.50. The molecule has 0 radical (unpaired) electrons. The Labute approximate surface area is 125 Å². The molecule has 0 bridgehead atoms. The smallest absolute Gasteiger partial charge is 0.244 e. The number of nitrogens with one attached hydrogen (secondary N) is 2. The standard InChI is InChI=1S/C14H21N3O3S/c1-3-9-15-21(19,20)12-6-4-11(5-7-12)16-13-8-10-17(2)14(13)18/h4-7,13,15-16H,3,8-10H2,1-2H3. The minimum atomic E-state index is -3.44. The summed E-state index contributed by atoms with van der Waals surface area (Å²) in [7, 11) is -1.66. The summed E-state index contributed by atoms with van der Waals surface area (Å²) in [5, 5.41) is 3.14. The first kappa shape index (κ1) is 15.8. The number of carbonyl (C=O) groups is 1. The third-order valence-electron chi connectivity index (χ3n) is 3.48. The zero-order chi connectivity index (χ0) is 15.5. The van der Waals surface area contributed by atoms with Crippen LogP contribution in [0.3, 0.4) is 0 Å². The van der Waals surface area contributed by atoms with Gasteiger partial charge in [-0.1, -0.05) is 6.92 Å². The molecule has 2 N–H and O–H groups in total. The van der Waals surface area contributed by atoms with Crippen LogP contribution in [-0.2, 0) is 14.8 Å². The van der Waals surface area contributed by atoms with E-state index >= 15 is 0 Å². The summed E-state index contributed by atoms with van der Waals surface area (Å²) in [5.41, 5.74) is 0.748. The van der Waals surface area contributed by atoms with Gasteiger partial charge in [-0.25, -0.2) is 13.1 Å². The highest BCUT2D eigenvalue weighted by Gasteiger charge is 2.28. The Kier molecular flexibility index (Phi) is 4.84. The molecule has 1 aliphatic rings. The lowest BCUT2D eigenvalue weighted by molar-refractivity contribution is -0.127. The van der Waals surface area contributed by atoms with E-state index in [9.17, 15) is 13.2 Å². The van der Waals surface area contributed by atoms with Gasteiger partial charge in [0.05, 0.1) is 4.90 Å². The Bertz CT molecular complexity index is 598. The van der Waals surface area contributed by atoms with Crippen LogP contribution in [0.5, 0.6) is 0 Å². The van der Waals surface area contributed by atoms with Gasteiger partial charge in [-0.3, -0.25) is 4.79 Å². The molecule has 1 amide bonds. The summed E-state index contributed by atoms with van der Waals surface area (Å²) < 4.78 is 26.4. The topological polar surface area (TPSA) is 78.5 Å². The first-order valence-corrected chi connectivity index (χ1v) is 8.53. The monoisotopic (exact) mass is 311 g/mol. The van der Waals surface area contributed by atoms with E-state index < -0.39 is 10.0 Å². The second-order valence-corrected chi connectivity index (χ2v) is 6.93. The number of nitrogens with zero attached hydrogens (tertiary/aromatic N) is 1. The van der Waals surface area contributed by atoms with Crippen molar-refractivity contribution in [3.8, 4) is 0 Å². The largest absolute Gasteiger partial charge is 0.374 e. The maximum absolute atomic E-state index is 11.9. The number of carbonyl (C=O) groups excluding carboxylic acids is 1. The summed E-state index contributed by atoms with van der Waals surface area (Å²) in [5.74, 6) is 0.0660. The SMILES string of the molecule is CCCNS(=O)(=O)c1ccc(NC2CCN(C)C2=O)cc1. The number of benzene rings is 1. The molecule has 1 saturated heterocycles. The average molecular weight is 311 g/mol. The summed E-state index contributed by atoms with van der Waals surface area (Å²) in [6.45, 7) is 3.07. The molecule has 1 heterocycles. The lowest BCUT2D eigenvalue weighted by atomic mass is 10.2. The van der Waals surface area contributed by atoms with Crippen molar-refractivity contribution >= 4 is 21.6 Å². The lowest BCUT2D eigenvalue weighted by Gasteiger charge is -2.14. The summed E-state index contributed by atoms with van der Waals surface area (Å²) in [4.78, 5) is 13.7. The van der Waals surface area contributed by atoms with Gasteiger partial charge in [0.15, 0.2) is 0 Å². The van der Waals surface area contributed by atoms with Crippen LogP contribution < -0.4 is 10.0 Å². The molecular formula is C14H21N3O3S. The number of hydrogen-bond acceptors (Lipinski definition) is 4. The minimum absolute atomic E-state index is 0.0660. The predicted molar refractivity (Wildman–Crippen MR) is 81.6 cm³/mol. The van der Waals surface area contributed by atoms with Crippen molar-refractivity contribution in [3.05, 3.63) is 24.3 Å². The van der Waals surface area contributed by atoms with Gasteiger partial charge in [-0.15, -0.1) is 0 Å². The third-order valence-corrected chi connectivity index (χ3v) is 4.95. The van der Waals surface area contributed by atoms with E-state index in [2.05, 4.69) is 10.0 Å². The Morgan fingerprint density at radius 2 is 1.95 bits per heavy atom. The van der Waals surface area contributed by atoms with Crippen molar-refractivity contribution in [1.29, 1.82) is 0 Å². The maximum atomic E-state index is 11.9. The molecule has 0 saturated carbocycles. The Hall–Kier alpha value is -1.60. The van der Waals surface area contributed by atoms with E-state index in [4.69, 9.17) is 0 Å². The highest BCUT2D eigenvalue weighted by Crippen LogP contribution is 2.18. The zero-order valence-corrected chi connectivity index (χ0v) is 13.1. The van der Waals surface area contributed by atoms with E-state index in [1.807, 2.05) is 6.92 Å². The molecule has 1 unspecified atom stereocenters. The quantitative estimate of drug-likeness (QED) is 0.822. The van der Waals surface area contributed by atoms with Crippen molar-refractivity contribution < 1.29 is 13.2 Å². The molecule has 0 spiro atoms. The van der Waals surface area contributed by atoms with Gasteiger partial charge in [0, 0.05) is 25.8 Å². The van der Waals surface area contributed by atoms with Crippen LogP contribution in [0.2, 0.25) is 0 Å². The average Bonchev–Trinajstić information content (AvgIpc) is 2.78. The number of sulfonamides is 1. The Morgan fingerprint density at radius 3 is 2.48 bits per heavy atom. The van der Waals surface area contributed by atoms with E-state index in [-0.39, 0.29) is 16.8 Å². The normalized spacial score (nSPS) is 19.0. The number of amides is 1. The number of hydrogen-bond donors (Lipinski definition) is 2. The first-order chi connectivity index (χ1) is 9.94. The van der Waals surface area contributed by atoms with Gasteiger partial charge in [0.2, 0.25) is 15.9 Å². The van der Waals surface area contributed by atoms with Crippen molar-refractivity contribution in [1.82, 2.24) is 9.62 Å². The van der Waals surface area contributed by atoms with Gasteiger partial charge in [0.25, 0.3) is 0 Å². The van der Waals surface area contributed by atoms with Crippen LogP contribution >= 0.6 is 0 Å². The van der Waals surface area contributed by atoms with Gasteiger partial charge in [-0.05, 0) is 37.1 Å². The van der Waals surface area contributed by atoms with Crippen LogP contribution in [0.1, 0.15) is 19.8 Å². The van der Waals surface area contributed by atoms with Crippen LogP contribution in [0.4, 0.5) is 5.69 Å². The van der Waals surface area contributed by atoms with Gasteiger partial charge in [0.1, 0.15) is 6.04 Å². The predicted octanol–water partition coefficient (Wildman–Crippen LogP) is 1.02. The number of likely N-dealkylation sites (N-methyl/N-ethyl adjacent to an activating group) is 1. The molecular weight excluding hydrogens is 290 g/mol. The summed E-state index contributed by atoms with van der Waals surface area (Å²) in [6, 6.07) is 6.24. The lowest BCUT2D eigenvalue weighted by Crippen LogP contribution is -2.30. The van der Waals surface area contributed by atoms with Gasteiger partial charge in [-0.2, -0.15) is 0 Å². The van der Waals surface area contributed by atoms with E-state index in [0.29, 0.717) is 6.54 Å². The molecule has 1 atom stereocenters. The third kappa shape index (κ3) is 3.74. The first-order valence-electron chi connectivity index (χ1n) is 7.05. The van der Waals surface area contributed by atoms with Gasteiger partial charge < -0.3 is 10.2 Å². The van der Waals surface area contributed by atoms with E-state index in [0.717, 1.165) is 25.1 Å². The van der Waals surface area contributed by atoms with Crippen LogP contribution in [0, 0.1) is 0 Å². The van der Waals surface area contributed by atoms with Crippen molar-refractivity contribution in [2.75, 3.05) is 25.5 Å². The molecule has 1 aliphatic heterocycles. The zero-order valence-electron chi connectivity index (χ0n) is 12.3. The second-order valence-electron chi connectivity index (χ2n) is 5.17. The molecule has 2 rings (SSSR count). The van der Waals surface area contributed by atoms with E-state index in [1.165, 1.54) is 0 Å². The van der Waals surface area contributed by atoms with Crippen LogP contribution in [0.25, 0.3) is 0 Å². The van der Waals surface area contributed by atoms with Crippen LogP contribution in [0.15, 0.2) is 29.2 Å².